The number of allylic oxidation sites excluding steroid dienone is 2. The molecule has 5 aromatic carbocycles. The Morgan fingerprint density at radius 1 is 0.735 bits per heavy atom. The molecule has 0 saturated carbocycles. The first-order chi connectivity index (χ1) is 16.8. The van der Waals surface area contributed by atoms with Gasteiger partial charge in [0.2, 0.25) is 0 Å². The molecule has 7 aromatic rings. The average Bonchev–Trinajstić information content (AvgIpc) is 3.44. The first-order valence-electron chi connectivity index (χ1n) is 11.1. The van der Waals surface area contributed by atoms with Gasteiger partial charge >= 0.3 is 0 Å². The predicted octanol–water partition coefficient (Wildman–Crippen LogP) is 8.01. The Hall–Kier alpha value is -4.88. The van der Waals surface area contributed by atoms with Crippen molar-refractivity contribution in [3.05, 3.63) is 91.0 Å². The molecule has 0 aliphatic carbocycles. The molecule has 158 valence electrons. The van der Waals surface area contributed by atoms with Gasteiger partial charge in [0.15, 0.2) is 5.58 Å². The van der Waals surface area contributed by atoms with Crippen molar-refractivity contribution in [1.82, 2.24) is 4.57 Å². The summed E-state index contributed by atoms with van der Waals surface area (Å²) in [6.07, 6.45) is 2.71. The molecule has 7 rings (SSSR count). The second kappa shape index (κ2) is 6.81. The van der Waals surface area contributed by atoms with E-state index in [1.54, 1.807) is 6.08 Å². The summed E-state index contributed by atoms with van der Waals surface area (Å²) in [5, 5.41) is 26.5. The third kappa shape index (κ3) is 2.28. The van der Waals surface area contributed by atoms with E-state index in [9.17, 15) is 5.26 Å². The molecule has 0 unspecified atom stereocenters. The number of hydrogen-bond acceptors (Lipinski definition) is 3. The zero-order valence-corrected chi connectivity index (χ0v) is 18.0. The van der Waals surface area contributed by atoms with Gasteiger partial charge < -0.3 is 9.83 Å². The maximum atomic E-state index is 10.2. The molecule has 0 aliphatic rings. The molecular formula is C30H17N3O. The summed E-state index contributed by atoms with van der Waals surface area (Å²) in [6, 6.07) is 31.3. The Balaban J connectivity index is 1.92. The second-order valence-corrected chi connectivity index (χ2v) is 8.42. The minimum Gasteiger partial charge on any atom is -0.454 e. The normalized spacial score (nSPS) is 12.4. The van der Waals surface area contributed by atoms with Crippen LogP contribution in [0.4, 0.5) is 0 Å². The van der Waals surface area contributed by atoms with E-state index in [0.717, 1.165) is 71.5 Å². The smallest absolute Gasteiger partial charge is 0.160 e. The van der Waals surface area contributed by atoms with Crippen molar-refractivity contribution in [2.24, 2.45) is 0 Å². The summed E-state index contributed by atoms with van der Waals surface area (Å²) in [6.45, 7) is 0. The van der Waals surface area contributed by atoms with Gasteiger partial charge in [0, 0.05) is 33.1 Å². The molecule has 0 fully saturated rings. The fourth-order valence-electron chi connectivity index (χ4n) is 5.42. The topological polar surface area (TPSA) is 65.7 Å². The number of furan rings is 1. The highest BCUT2D eigenvalue weighted by molar-refractivity contribution is 6.37. The highest BCUT2D eigenvalue weighted by Crippen LogP contribution is 2.46. The molecule has 4 nitrogen and oxygen atoms in total. The van der Waals surface area contributed by atoms with Crippen molar-refractivity contribution in [3.8, 4) is 6.07 Å². The van der Waals surface area contributed by atoms with Crippen molar-refractivity contribution in [3.63, 3.8) is 0 Å². The van der Waals surface area contributed by atoms with Crippen molar-refractivity contribution in [2.45, 2.75) is 0 Å². The number of fused-ring (bicyclic) bond motifs is 12. The van der Waals surface area contributed by atoms with E-state index in [0.29, 0.717) is 5.70 Å². The number of rotatable bonds is 2. The Morgan fingerprint density at radius 2 is 1.41 bits per heavy atom. The van der Waals surface area contributed by atoms with E-state index in [4.69, 9.17) is 9.83 Å². The van der Waals surface area contributed by atoms with Gasteiger partial charge in [-0.05, 0) is 28.3 Å². The third-order valence-corrected chi connectivity index (χ3v) is 6.73. The summed E-state index contributed by atoms with van der Waals surface area (Å²) in [4.78, 5) is 0. The Morgan fingerprint density at radius 3 is 2.18 bits per heavy atom. The zero-order valence-electron chi connectivity index (χ0n) is 18.0. The lowest BCUT2D eigenvalue weighted by Gasteiger charge is -2.08. The largest absolute Gasteiger partial charge is 0.454 e. The van der Waals surface area contributed by atoms with Crippen molar-refractivity contribution in [1.29, 1.82) is 10.7 Å². The number of nitrogens with one attached hydrogen (secondary N) is 1. The molecule has 0 bridgehead atoms. The van der Waals surface area contributed by atoms with E-state index >= 15 is 0 Å². The summed E-state index contributed by atoms with van der Waals surface area (Å²) >= 11 is 0. The van der Waals surface area contributed by atoms with Crippen LogP contribution in [-0.2, 0) is 0 Å². The van der Waals surface area contributed by atoms with Crippen LogP contribution in [0.15, 0.2) is 95.4 Å². The van der Waals surface area contributed by atoms with Crippen LogP contribution in [0.1, 0.15) is 0 Å². The van der Waals surface area contributed by atoms with Crippen LogP contribution in [0.5, 0.6) is 0 Å². The summed E-state index contributed by atoms with van der Waals surface area (Å²) < 4.78 is 8.50. The van der Waals surface area contributed by atoms with E-state index in [1.165, 1.54) is 0 Å². The third-order valence-electron chi connectivity index (χ3n) is 6.73. The minimum absolute atomic E-state index is 0.378. The molecule has 0 saturated heterocycles. The molecule has 0 atom stereocenters. The summed E-state index contributed by atoms with van der Waals surface area (Å²) in [5.74, 6) is 0. The fraction of sp³-hybridized carbons (Fsp3) is 0. The number of nitriles is 1. The van der Waals surface area contributed by atoms with Crippen LogP contribution < -0.4 is 0 Å². The van der Waals surface area contributed by atoms with Crippen LogP contribution in [0, 0.1) is 16.7 Å². The van der Waals surface area contributed by atoms with E-state index < -0.39 is 0 Å². The molecular weight excluding hydrogens is 418 g/mol. The zero-order chi connectivity index (χ0) is 22.8. The van der Waals surface area contributed by atoms with Crippen molar-refractivity contribution < 1.29 is 4.42 Å². The number of aromatic nitrogens is 1. The van der Waals surface area contributed by atoms with Gasteiger partial charge in [-0.3, -0.25) is 4.57 Å². The molecule has 34 heavy (non-hydrogen) atoms. The Kier molecular flexibility index (Phi) is 3.74. The number of benzene rings is 5. The number of para-hydroxylation sites is 1. The molecule has 0 radical (unpaired) electrons. The lowest BCUT2D eigenvalue weighted by molar-refractivity contribution is 0.671. The van der Waals surface area contributed by atoms with Crippen LogP contribution in [-0.4, -0.2) is 10.8 Å². The maximum Gasteiger partial charge on any atom is 0.160 e. The lowest BCUT2D eigenvalue weighted by Crippen LogP contribution is -1.96. The highest BCUT2D eigenvalue weighted by atomic mass is 16.3. The van der Waals surface area contributed by atoms with Gasteiger partial charge in [-0.1, -0.05) is 78.9 Å². The monoisotopic (exact) mass is 435 g/mol. The van der Waals surface area contributed by atoms with Crippen molar-refractivity contribution >= 4 is 77.2 Å². The first kappa shape index (κ1) is 18.7. The van der Waals surface area contributed by atoms with Gasteiger partial charge in [0.1, 0.15) is 17.3 Å². The minimum atomic E-state index is 0.378. The molecule has 0 aliphatic heterocycles. The molecule has 2 heterocycles. The van der Waals surface area contributed by atoms with Crippen LogP contribution in [0.25, 0.3) is 71.0 Å². The fourth-order valence-corrected chi connectivity index (χ4v) is 5.42. The van der Waals surface area contributed by atoms with Gasteiger partial charge in [-0.15, -0.1) is 0 Å². The highest BCUT2D eigenvalue weighted by Gasteiger charge is 2.24. The molecule has 2 aromatic heterocycles. The van der Waals surface area contributed by atoms with Crippen LogP contribution >= 0.6 is 0 Å². The lowest BCUT2D eigenvalue weighted by atomic mass is 9.98. The molecule has 4 heteroatoms. The Bertz CT molecular complexity index is 2050. The molecule has 0 spiro atoms. The van der Waals surface area contributed by atoms with Gasteiger partial charge in [-0.2, -0.15) is 5.26 Å². The molecule has 0 amide bonds. The van der Waals surface area contributed by atoms with Crippen molar-refractivity contribution in [2.75, 3.05) is 0 Å². The van der Waals surface area contributed by atoms with Gasteiger partial charge in [0.05, 0.1) is 11.0 Å². The summed E-state index contributed by atoms with van der Waals surface area (Å²) in [7, 11) is 0. The predicted molar refractivity (Wildman–Crippen MR) is 140 cm³/mol. The van der Waals surface area contributed by atoms with E-state index in [-0.39, 0.29) is 0 Å². The quantitative estimate of drug-likeness (QED) is 0.221. The molecule has 1 N–H and O–H groups in total. The van der Waals surface area contributed by atoms with E-state index in [1.807, 2.05) is 34.9 Å². The summed E-state index contributed by atoms with van der Waals surface area (Å²) in [5.41, 5.74) is 3.74. The van der Waals surface area contributed by atoms with E-state index in [2.05, 4.69) is 60.7 Å². The van der Waals surface area contributed by atoms with Crippen LogP contribution in [0.3, 0.4) is 0 Å². The SMILES string of the molecule is N#C/C(=C\C=N)n1c2c3ccccc3ccc2c2c3ccccc3c3c4ccccc4oc3c21. The van der Waals surface area contributed by atoms with Gasteiger partial charge in [0.25, 0.3) is 0 Å². The average molecular weight is 435 g/mol. The number of hydrogen-bond donors (Lipinski definition) is 1. The Labute approximate surface area is 194 Å². The number of nitrogens with zero attached hydrogens (tertiary/aromatic N) is 2. The first-order valence-corrected chi connectivity index (χ1v) is 11.1. The standard InChI is InChI=1S/C30H17N3O/c31-16-15-19(17-32)33-28-20-8-2-1-7-18(20)13-14-24(28)26-21-9-3-4-10-22(21)27-23-11-5-6-12-25(23)34-30(27)29(26)33/h1-16,31H/b19-15+,31-16?. The second-order valence-electron chi connectivity index (χ2n) is 8.42. The van der Waals surface area contributed by atoms with Gasteiger partial charge in [-0.25, -0.2) is 0 Å². The van der Waals surface area contributed by atoms with Crippen LogP contribution in [0.2, 0.25) is 0 Å². The maximum absolute atomic E-state index is 10.2.